The third kappa shape index (κ3) is 3.24. The van der Waals surface area contributed by atoms with Crippen molar-refractivity contribution in [3.8, 4) is 5.75 Å². The summed E-state index contributed by atoms with van der Waals surface area (Å²) in [4.78, 5) is 0. The van der Waals surface area contributed by atoms with Crippen molar-refractivity contribution in [3.05, 3.63) is 29.8 Å². The summed E-state index contributed by atoms with van der Waals surface area (Å²) < 4.78 is 0. The van der Waals surface area contributed by atoms with Gasteiger partial charge in [0, 0.05) is 12.1 Å². The van der Waals surface area contributed by atoms with Crippen LogP contribution in [-0.4, -0.2) is 11.7 Å². The third-order valence-electron chi connectivity index (χ3n) is 3.46. The van der Waals surface area contributed by atoms with Crippen LogP contribution in [0.5, 0.6) is 5.75 Å². The fourth-order valence-electron chi connectivity index (χ4n) is 2.46. The van der Waals surface area contributed by atoms with Gasteiger partial charge in [-0.05, 0) is 31.4 Å². The Balaban J connectivity index is 1.73. The van der Waals surface area contributed by atoms with E-state index < -0.39 is 0 Å². The normalized spacial score (nSPS) is 17.5. The van der Waals surface area contributed by atoms with Gasteiger partial charge in [0.15, 0.2) is 0 Å². The Morgan fingerprint density at radius 3 is 2.62 bits per heavy atom. The molecule has 0 radical (unpaired) electrons. The van der Waals surface area contributed by atoms with E-state index in [1.54, 1.807) is 6.07 Å². The van der Waals surface area contributed by atoms with Gasteiger partial charge in [-0.2, -0.15) is 0 Å². The average molecular weight is 219 g/mol. The summed E-state index contributed by atoms with van der Waals surface area (Å²) in [6.07, 6.45) is 6.93. The van der Waals surface area contributed by atoms with Crippen LogP contribution in [0.3, 0.4) is 0 Å². The first kappa shape index (κ1) is 11.5. The minimum Gasteiger partial charge on any atom is -0.508 e. The molecule has 2 rings (SSSR count). The zero-order valence-corrected chi connectivity index (χ0v) is 9.78. The maximum atomic E-state index is 9.61. The van der Waals surface area contributed by atoms with Crippen molar-refractivity contribution >= 4 is 0 Å². The van der Waals surface area contributed by atoms with Crippen molar-refractivity contribution in [1.82, 2.24) is 5.32 Å². The molecule has 1 aliphatic rings. The second-order valence-corrected chi connectivity index (χ2v) is 4.76. The lowest BCUT2D eigenvalue weighted by Gasteiger charge is -2.21. The second-order valence-electron chi connectivity index (χ2n) is 4.76. The van der Waals surface area contributed by atoms with Gasteiger partial charge in [-0.1, -0.05) is 37.5 Å². The van der Waals surface area contributed by atoms with Crippen LogP contribution < -0.4 is 5.32 Å². The van der Waals surface area contributed by atoms with E-state index in [0.29, 0.717) is 5.75 Å². The highest BCUT2D eigenvalue weighted by atomic mass is 16.3. The zero-order chi connectivity index (χ0) is 11.2. The zero-order valence-electron chi connectivity index (χ0n) is 9.78. The van der Waals surface area contributed by atoms with Crippen LogP contribution in [-0.2, 0) is 6.54 Å². The number of rotatable bonds is 4. The summed E-state index contributed by atoms with van der Waals surface area (Å²) in [5, 5.41) is 13.1. The van der Waals surface area contributed by atoms with Crippen molar-refractivity contribution in [2.24, 2.45) is 5.92 Å². The van der Waals surface area contributed by atoms with Gasteiger partial charge in [-0.15, -0.1) is 0 Å². The Morgan fingerprint density at radius 2 is 1.88 bits per heavy atom. The second kappa shape index (κ2) is 5.90. The van der Waals surface area contributed by atoms with Gasteiger partial charge >= 0.3 is 0 Å². The minimum absolute atomic E-state index is 0.402. The van der Waals surface area contributed by atoms with Gasteiger partial charge in [-0.3, -0.25) is 0 Å². The molecule has 2 heteroatoms. The molecule has 16 heavy (non-hydrogen) atoms. The predicted octanol–water partition coefficient (Wildman–Crippen LogP) is 3.06. The maximum absolute atomic E-state index is 9.61. The molecule has 1 aromatic carbocycles. The fraction of sp³-hybridized carbons (Fsp3) is 0.571. The van der Waals surface area contributed by atoms with Crippen molar-refractivity contribution < 1.29 is 5.11 Å². The first-order valence-corrected chi connectivity index (χ1v) is 6.34. The Kier molecular flexibility index (Phi) is 4.23. The highest BCUT2D eigenvalue weighted by Gasteiger charge is 2.12. The van der Waals surface area contributed by atoms with Crippen molar-refractivity contribution in [2.45, 2.75) is 38.6 Å². The van der Waals surface area contributed by atoms with E-state index in [1.165, 1.54) is 32.1 Å². The topological polar surface area (TPSA) is 32.3 Å². The number of para-hydroxylation sites is 1. The van der Waals surface area contributed by atoms with Crippen LogP contribution in [0.4, 0.5) is 0 Å². The Labute approximate surface area is 97.7 Å². The van der Waals surface area contributed by atoms with Gasteiger partial charge in [0.25, 0.3) is 0 Å². The number of aromatic hydroxyl groups is 1. The smallest absolute Gasteiger partial charge is 0.120 e. The summed E-state index contributed by atoms with van der Waals surface area (Å²) in [7, 11) is 0. The molecule has 0 saturated heterocycles. The van der Waals surface area contributed by atoms with Gasteiger partial charge in [0.1, 0.15) is 5.75 Å². The number of hydrogen-bond donors (Lipinski definition) is 2. The van der Waals surface area contributed by atoms with Crippen LogP contribution in [0.25, 0.3) is 0 Å². The quantitative estimate of drug-likeness (QED) is 0.815. The summed E-state index contributed by atoms with van der Waals surface area (Å²) >= 11 is 0. The van der Waals surface area contributed by atoms with Crippen LogP contribution >= 0.6 is 0 Å². The standard InChI is InChI=1S/C14H21NO/c16-14-9-5-4-8-13(14)11-15-10-12-6-2-1-3-7-12/h4-5,8-9,12,15-16H,1-3,6-7,10-11H2. The highest BCUT2D eigenvalue weighted by Crippen LogP contribution is 2.23. The third-order valence-corrected chi connectivity index (χ3v) is 3.46. The molecule has 88 valence electrons. The molecule has 1 saturated carbocycles. The monoisotopic (exact) mass is 219 g/mol. The molecule has 1 aliphatic carbocycles. The van der Waals surface area contributed by atoms with Gasteiger partial charge in [0.2, 0.25) is 0 Å². The molecule has 0 atom stereocenters. The van der Waals surface area contributed by atoms with E-state index in [1.807, 2.05) is 18.2 Å². The Bertz CT molecular complexity index is 318. The molecule has 0 heterocycles. The predicted molar refractivity (Wildman–Crippen MR) is 66.4 cm³/mol. The SMILES string of the molecule is Oc1ccccc1CNCC1CCCCC1. The summed E-state index contributed by atoms with van der Waals surface area (Å²) in [6, 6.07) is 7.55. The Hall–Kier alpha value is -1.02. The molecule has 2 nitrogen and oxygen atoms in total. The number of phenolic OH excluding ortho intramolecular Hbond substituents is 1. The lowest BCUT2D eigenvalue weighted by atomic mass is 9.89. The average Bonchev–Trinajstić information content (AvgIpc) is 2.33. The van der Waals surface area contributed by atoms with E-state index in [4.69, 9.17) is 0 Å². The molecule has 0 amide bonds. The molecule has 0 spiro atoms. The summed E-state index contributed by atoms with van der Waals surface area (Å²) in [5.74, 6) is 1.25. The molecular weight excluding hydrogens is 198 g/mol. The van der Waals surface area contributed by atoms with Crippen LogP contribution in [0.2, 0.25) is 0 Å². The first-order chi connectivity index (χ1) is 7.86. The van der Waals surface area contributed by atoms with Gasteiger partial charge < -0.3 is 10.4 Å². The number of phenols is 1. The molecule has 1 fully saturated rings. The Morgan fingerprint density at radius 1 is 1.12 bits per heavy atom. The maximum Gasteiger partial charge on any atom is 0.120 e. The van der Waals surface area contributed by atoms with Crippen molar-refractivity contribution in [1.29, 1.82) is 0 Å². The molecule has 0 aromatic heterocycles. The number of benzene rings is 1. The van der Waals surface area contributed by atoms with Crippen LogP contribution in [0.1, 0.15) is 37.7 Å². The van der Waals surface area contributed by atoms with E-state index in [-0.39, 0.29) is 0 Å². The molecule has 1 aromatic rings. The summed E-state index contributed by atoms with van der Waals surface area (Å²) in [5.41, 5.74) is 0.998. The van der Waals surface area contributed by atoms with E-state index in [0.717, 1.165) is 24.6 Å². The molecular formula is C14H21NO. The minimum atomic E-state index is 0.402. The fourth-order valence-corrected chi connectivity index (χ4v) is 2.46. The van der Waals surface area contributed by atoms with Gasteiger partial charge in [0.05, 0.1) is 0 Å². The molecule has 0 aliphatic heterocycles. The van der Waals surface area contributed by atoms with Crippen molar-refractivity contribution in [3.63, 3.8) is 0 Å². The van der Waals surface area contributed by atoms with Crippen LogP contribution in [0, 0.1) is 5.92 Å². The molecule has 0 bridgehead atoms. The van der Waals surface area contributed by atoms with Crippen molar-refractivity contribution in [2.75, 3.05) is 6.54 Å². The first-order valence-electron chi connectivity index (χ1n) is 6.34. The van der Waals surface area contributed by atoms with Gasteiger partial charge in [-0.25, -0.2) is 0 Å². The van der Waals surface area contributed by atoms with Crippen LogP contribution in [0.15, 0.2) is 24.3 Å². The molecule has 0 unspecified atom stereocenters. The van der Waals surface area contributed by atoms with E-state index in [2.05, 4.69) is 5.32 Å². The van der Waals surface area contributed by atoms with E-state index in [9.17, 15) is 5.11 Å². The summed E-state index contributed by atoms with van der Waals surface area (Å²) in [6.45, 7) is 1.87. The number of hydrogen-bond acceptors (Lipinski definition) is 2. The highest BCUT2D eigenvalue weighted by molar-refractivity contribution is 5.31. The largest absolute Gasteiger partial charge is 0.508 e. The number of nitrogens with one attached hydrogen (secondary N) is 1. The molecule has 2 N–H and O–H groups in total. The lowest BCUT2D eigenvalue weighted by molar-refractivity contribution is 0.341. The van der Waals surface area contributed by atoms with E-state index >= 15 is 0 Å². The lowest BCUT2D eigenvalue weighted by Crippen LogP contribution is -2.24.